The molecule has 1 aliphatic heterocycles. The third-order valence-electron chi connectivity index (χ3n) is 5.73. The summed E-state index contributed by atoms with van der Waals surface area (Å²) in [5.41, 5.74) is 4.25. The Labute approximate surface area is 203 Å². The lowest BCUT2D eigenvalue weighted by atomic mass is 10.2. The molecule has 0 bridgehead atoms. The highest BCUT2D eigenvalue weighted by molar-refractivity contribution is 5.81. The lowest BCUT2D eigenvalue weighted by molar-refractivity contribution is 0.122. The van der Waals surface area contributed by atoms with Gasteiger partial charge in [0.1, 0.15) is 18.2 Å². The van der Waals surface area contributed by atoms with Crippen molar-refractivity contribution in [1.29, 1.82) is 0 Å². The molecule has 0 saturated carbocycles. The van der Waals surface area contributed by atoms with Crippen LogP contribution in [-0.4, -0.2) is 55.5 Å². The van der Waals surface area contributed by atoms with E-state index in [-0.39, 0.29) is 0 Å². The van der Waals surface area contributed by atoms with Gasteiger partial charge in [0.15, 0.2) is 11.5 Å². The fourth-order valence-electron chi connectivity index (χ4n) is 3.82. The number of anilines is 3. The topological polar surface area (TPSA) is 90.9 Å². The largest absolute Gasteiger partial charge is 0.495 e. The Morgan fingerprint density at radius 2 is 1.69 bits per heavy atom. The fraction of sp³-hybridized carbons (Fsp3) is 0.269. The molecule has 0 aliphatic carbocycles. The second kappa shape index (κ2) is 10.4. The van der Waals surface area contributed by atoms with Gasteiger partial charge in [0.2, 0.25) is 0 Å². The molecule has 9 nitrogen and oxygen atoms in total. The minimum atomic E-state index is 0.321. The zero-order chi connectivity index (χ0) is 24.0. The predicted octanol–water partition coefficient (Wildman–Crippen LogP) is 4.20. The van der Waals surface area contributed by atoms with Crippen LogP contribution in [0.4, 0.5) is 17.2 Å². The van der Waals surface area contributed by atoms with Crippen LogP contribution in [0.25, 0.3) is 11.0 Å². The third kappa shape index (κ3) is 5.36. The van der Waals surface area contributed by atoms with Crippen LogP contribution in [0.5, 0.6) is 17.2 Å². The first-order valence-corrected chi connectivity index (χ1v) is 11.4. The minimum Gasteiger partial charge on any atom is -0.495 e. The van der Waals surface area contributed by atoms with Crippen molar-refractivity contribution in [3.63, 3.8) is 0 Å². The van der Waals surface area contributed by atoms with Gasteiger partial charge >= 0.3 is 0 Å². The molecule has 0 spiro atoms. The van der Waals surface area contributed by atoms with Gasteiger partial charge in [-0.05, 0) is 42.5 Å². The molecule has 1 fully saturated rings. The summed E-state index contributed by atoms with van der Waals surface area (Å²) in [6.07, 6.45) is 3.49. The molecule has 0 amide bonds. The third-order valence-corrected chi connectivity index (χ3v) is 5.73. The zero-order valence-corrected chi connectivity index (χ0v) is 19.7. The number of nitrogens with zero attached hydrogens (tertiary/aromatic N) is 4. The maximum absolute atomic E-state index is 5.93. The maximum atomic E-state index is 5.93. The van der Waals surface area contributed by atoms with E-state index in [0.29, 0.717) is 37.1 Å². The van der Waals surface area contributed by atoms with Crippen LogP contribution in [0.1, 0.15) is 5.69 Å². The van der Waals surface area contributed by atoms with Crippen LogP contribution >= 0.6 is 0 Å². The number of hydrogen-bond donors (Lipinski definition) is 1. The number of methoxy groups -OCH3 is 2. The molecule has 5 rings (SSSR count). The lowest BCUT2D eigenvalue weighted by Gasteiger charge is -2.27. The van der Waals surface area contributed by atoms with E-state index in [9.17, 15) is 0 Å². The van der Waals surface area contributed by atoms with Gasteiger partial charge in [-0.25, -0.2) is 4.98 Å². The molecule has 0 atom stereocenters. The Morgan fingerprint density at radius 3 is 2.46 bits per heavy atom. The summed E-state index contributed by atoms with van der Waals surface area (Å²) in [6, 6.07) is 15.4. The van der Waals surface area contributed by atoms with Gasteiger partial charge in [-0.3, -0.25) is 9.97 Å². The normalized spacial score (nSPS) is 13.5. The Kier molecular flexibility index (Phi) is 6.76. The maximum Gasteiger partial charge on any atom is 0.162 e. The van der Waals surface area contributed by atoms with Crippen molar-refractivity contribution >= 4 is 28.2 Å². The monoisotopic (exact) mass is 473 g/mol. The fourth-order valence-corrected chi connectivity index (χ4v) is 3.82. The van der Waals surface area contributed by atoms with Crippen molar-refractivity contribution in [1.82, 2.24) is 15.0 Å². The number of hydrogen-bond acceptors (Lipinski definition) is 9. The second-order valence-corrected chi connectivity index (χ2v) is 8.00. The summed E-state index contributed by atoms with van der Waals surface area (Å²) in [5.74, 6) is 2.83. The molecule has 9 heteroatoms. The van der Waals surface area contributed by atoms with Crippen LogP contribution < -0.4 is 24.4 Å². The van der Waals surface area contributed by atoms with E-state index in [4.69, 9.17) is 23.9 Å². The molecule has 1 N–H and O–H groups in total. The molecule has 1 aliphatic rings. The number of benzene rings is 2. The average molecular weight is 474 g/mol. The first-order chi connectivity index (χ1) is 17.2. The number of aromatic nitrogens is 3. The van der Waals surface area contributed by atoms with Crippen LogP contribution in [-0.2, 0) is 11.3 Å². The Morgan fingerprint density at radius 1 is 0.857 bits per heavy atom. The molecule has 1 saturated heterocycles. The number of rotatable bonds is 8. The average Bonchev–Trinajstić information content (AvgIpc) is 2.92. The lowest BCUT2D eigenvalue weighted by Crippen LogP contribution is -2.36. The molecule has 0 unspecified atom stereocenters. The zero-order valence-electron chi connectivity index (χ0n) is 19.7. The van der Waals surface area contributed by atoms with E-state index >= 15 is 0 Å². The first-order valence-electron chi connectivity index (χ1n) is 11.4. The van der Waals surface area contributed by atoms with E-state index in [1.807, 2.05) is 54.7 Å². The van der Waals surface area contributed by atoms with Gasteiger partial charge < -0.3 is 29.2 Å². The van der Waals surface area contributed by atoms with Gasteiger partial charge in [0, 0.05) is 30.5 Å². The molecule has 3 heterocycles. The van der Waals surface area contributed by atoms with Crippen LogP contribution in [0, 0.1) is 0 Å². The summed E-state index contributed by atoms with van der Waals surface area (Å²) in [7, 11) is 3.23. The van der Waals surface area contributed by atoms with Crippen LogP contribution in [0.2, 0.25) is 0 Å². The van der Waals surface area contributed by atoms with E-state index in [0.717, 1.165) is 47.0 Å². The molecule has 4 aromatic rings. The highest BCUT2D eigenvalue weighted by atomic mass is 16.5. The summed E-state index contributed by atoms with van der Waals surface area (Å²) < 4.78 is 22.1. The van der Waals surface area contributed by atoms with Crippen molar-refractivity contribution in [2.24, 2.45) is 0 Å². The molecule has 2 aromatic heterocycles. The van der Waals surface area contributed by atoms with Crippen LogP contribution in [0.3, 0.4) is 0 Å². The van der Waals surface area contributed by atoms with Gasteiger partial charge in [-0.1, -0.05) is 0 Å². The van der Waals surface area contributed by atoms with E-state index in [1.54, 1.807) is 20.4 Å². The van der Waals surface area contributed by atoms with Crippen molar-refractivity contribution in [3.05, 3.63) is 66.6 Å². The van der Waals surface area contributed by atoms with Crippen molar-refractivity contribution in [2.75, 3.05) is 50.7 Å². The van der Waals surface area contributed by atoms with E-state index in [1.165, 1.54) is 0 Å². The van der Waals surface area contributed by atoms with Crippen molar-refractivity contribution in [3.8, 4) is 17.2 Å². The van der Waals surface area contributed by atoms with Crippen LogP contribution in [0.15, 0.2) is 60.9 Å². The summed E-state index contributed by atoms with van der Waals surface area (Å²) >= 11 is 0. The quantitative estimate of drug-likeness (QED) is 0.404. The number of fused-ring (bicyclic) bond motifs is 1. The molecular weight excluding hydrogens is 446 g/mol. The molecule has 2 aromatic carbocycles. The number of morpholine rings is 1. The minimum absolute atomic E-state index is 0.321. The van der Waals surface area contributed by atoms with E-state index in [2.05, 4.69) is 20.2 Å². The molecule has 180 valence electrons. The Balaban J connectivity index is 1.30. The predicted molar refractivity (Wildman–Crippen MR) is 134 cm³/mol. The number of pyridine rings is 1. The van der Waals surface area contributed by atoms with E-state index < -0.39 is 0 Å². The van der Waals surface area contributed by atoms with Gasteiger partial charge in [0.25, 0.3) is 0 Å². The number of nitrogens with one attached hydrogen (secondary N) is 1. The summed E-state index contributed by atoms with van der Waals surface area (Å²) in [5, 5.41) is 3.42. The highest BCUT2D eigenvalue weighted by Gasteiger charge is 2.14. The highest BCUT2D eigenvalue weighted by Crippen LogP contribution is 2.32. The second-order valence-electron chi connectivity index (χ2n) is 8.00. The van der Waals surface area contributed by atoms with Gasteiger partial charge in [0.05, 0.1) is 56.6 Å². The SMILES string of the molecule is COc1ccc(COc2ccc(Nc3ccc4ncc(N5CCOCC5)nc4c3)cc2OC)nc1. The Hall–Kier alpha value is -4.11. The summed E-state index contributed by atoms with van der Waals surface area (Å²) in [4.78, 5) is 15.9. The molecular formula is C26H27N5O4. The van der Waals surface area contributed by atoms with Crippen molar-refractivity contribution in [2.45, 2.75) is 6.61 Å². The van der Waals surface area contributed by atoms with Gasteiger partial charge in [-0.2, -0.15) is 0 Å². The van der Waals surface area contributed by atoms with Gasteiger partial charge in [-0.15, -0.1) is 0 Å². The Bertz CT molecular complexity index is 1290. The smallest absolute Gasteiger partial charge is 0.162 e. The molecule has 35 heavy (non-hydrogen) atoms. The summed E-state index contributed by atoms with van der Waals surface area (Å²) in [6.45, 7) is 3.38. The standard InChI is InChI=1S/C26H27N5O4/c1-32-21-6-3-20(27-15-21)17-35-24-8-5-19(14-25(24)33-2)29-18-4-7-22-23(13-18)30-26(16-28-22)31-9-11-34-12-10-31/h3-8,13-16,29H,9-12,17H2,1-2H3. The number of ether oxygens (including phenoxy) is 4. The first kappa shape index (κ1) is 22.7. The molecule has 0 radical (unpaired) electrons. The van der Waals surface area contributed by atoms with Crippen molar-refractivity contribution < 1.29 is 18.9 Å².